The van der Waals surface area contributed by atoms with Crippen molar-refractivity contribution in [2.75, 3.05) is 7.11 Å². The minimum Gasteiger partial charge on any atom is -0.477 e. The summed E-state index contributed by atoms with van der Waals surface area (Å²) in [6.45, 7) is 0. The Morgan fingerprint density at radius 1 is 1.00 bits per heavy atom. The van der Waals surface area contributed by atoms with Gasteiger partial charge in [0.25, 0.3) is 0 Å². The summed E-state index contributed by atoms with van der Waals surface area (Å²) in [6.07, 6.45) is 0.652. The molecule has 4 rings (SSSR count). The van der Waals surface area contributed by atoms with Crippen LogP contribution in [0.1, 0.15) is 31.3 Å². The number of H-pyrrole nitrogens is 2. The van der Waals surface area contributed by atoms with Gasteiger partial charge in [0, 0.05) is 30.8 Å². The average molecular weight is 522 g/mol. The molecule has 3 N–H and O–H groups in total. The zero-order valence-corrected chi connectivity index (χ0v) is 18.1. The first-order chi connectivity index (χ1) is 13.8. The van der Waals surface area contributed by atoms with E-state index in [0.29, 0.717) is 17.2 Å². The van der Waals surface area contributed by atoms with Crippen molar-refractivity contribution in [3.05, 3.63) is 68.4 Å². The van der Waals surface area contributed by atoms with Crippen LogP contribution < -0.4 is 0 Å². The van der Waals surface area contributed by atoms with Crippen LogP contribution in [0.3, 0.4) is 0 Å². The van der Waals surface area contributed by atoms with Gasteiger partial charge in [0.15, 0.2) is 6.29 Å². The molecule has 7 nitrogen and oxygen atoms in total. The van der Waals surface area contributed by atoms with Crippen molar-refractivity contribution in [3.8, 4) is 0 Å². The zero-order valence-electron chi connectivity index (χ0n) is 15.0. The normalized spacial score (nSPS) is 10.4. The summed E-state index contributed by atoms with van der Waals surface area (Å²) in [4.78, 5) is 38.7. The molecule has 2 aromatic carbocycles. The highest BCUT2D eigenvalue weighted by Gasteiger charge is 2.17. The Balaban J connectivity index is 0.000000169. The maximum Gasteiger partial charge on any atom is 0.355 e. The highest BCUT2D eigenvalue weighted by Crippen LogP contribution is 2.25. The number of halogens is 2. The third-order valence-corrected chi connectivity index (χ3v) is 5.11. The van der Waals surface area contributed by atoms with Crippen LogP contribution in [0.4, 0.5) is 0 Å². The second kappa shape index (κ2) is 8.62. The van der Waals surface area contributed by atoms with Crippen molar-refractivity contribution in [2.45, 2.75) is 0 Å². The SMILES string of the molecule is COC(=O)c1[nH]c2cc(Br)ccc2c1C=O.O=C(O)c1cc2ccc(Br)cc2[nH]1. The predicted molar refractivity (Wildman–Crippen MR) is 116 cm³/mol. The molecule has 4 aromatic rings. The van der Waals surface area contributed by atoms with Gasteiger partial charge in [0.1, 0.15) is 11.4 Å². The number of carbonyl (C=O) groups is 3. The lowest BCUT2D eigenvalue weighted by molar-refractivity contribution is 0.0592. The lowest BCUT2D eigenvalue weighted by atomic mass is 10.1. The van der Waals surface area contributed by atoms with Gasteiger partial charge < -0.3 is 19.8 Å². The first-order valence-corrected chi connectivity index (χ1v) is 9.79. The van der Waals surface area contributed by atoms with Crippen molar-refractivity contribution in [1.82, 2.24) is 9.97 Å². The number of rotatable bonds is 3. The fraction of sp³-hybridized carbons (Fsp3) is 0.0500. The molecule has 0 saturated heterocycles. The fourth-order valence-electron chi connectivity index (χ4n) is 2.79. The summed E-state index contributed by atoms with van der Waals surface area (Å²) in [7, 11) is 1.28. The third-order valence-electron chi connectivity index (χ3n) is 4.12. The molecule has 0 amide bonds. The van der Waals surface area contributed by atoms with Crippen LogP contribution in [-0.2, 0) is 4.74 Å². The highest BCUT2D eigenvalue weighted by atomic mass is 79.9. The van der Waals surface area contributed by atoms with E-state index in [-0.39, 0.29) is 11.4 Å². The van der Waals surface area contributed by atoms with E-state index in [9.17, 15) is 14.4 Å². The van der Waals surface area contributed by atoms with Crippen molar-refractivity contribution in [1.29, 1.82) is 0 Å². The van der Waals surface area contributed by atoms with E-state index in [0.717, 1.165) is 25.4 Å². The van der Waals surface area contributed by atoms with Crippen LogP contribution in [0.15, 0.2) is 51.4 Å². The van der Waals surface area contributed by atoms with Gasteiger partial charge >= 0.3 is 11.9 Å². The number of esters is 1. The number of aldehydes is 1. The molecule has 0 bridgehead atoms. The van der Waals surface area contributed by atoms with Crippen LogP contribution in [0.25, 0.3) is 21.8 Å². The number of aromatic amines is 2. The molecule has 0 unspecified atom stereocenters. The summed E-state index contributed by atoms with van der Waals surface area (Å²) < 4.78 is 6.40. The first kappa shape index (κ1) is 20.8. The standard InChI is InChI=1S/C11H8BrNO3.C9H6BrNO2/c1-16-11(15)10-8(5-14)7-3-2-6(12)4-9(7)13-10;10-6-2-1-5-3-8(9(12)13)11-7(5)4-6/h2-5,13H,1H3;1-4,11H,(H,12,13). The van der Waals surface area contributed by atoms with Gasteiger partial charge in [-0.1, -0.05) is 44.0 Å². The topological polar surface area (TPSA) is 112 Å². The Labute approximate surface area is 181 Å². The van der Waals surface area contributed by atoms with Gasteiger partial charge in [-0.3, -0.25) is 4.79 Å². The lowest BCUT2D eigenvalue weighted by Crippen LogP contribution is -2.04. The molecule has 0 radical (unpaired) electrons. The minimum atomic E-state index is -0.938. The van der Waals surface area contributed by atoms with Crippen LogP contribution in [0.5, 0.6) is 0 Å². The van der Waals surface area contributed by atoms with E-state index in [1.54, 1.807) is 18.2 Å². The maximum absolute atomic E-state index is 11.4. The van der Waals surface area contributed by atoms with Crippen LogP contribution in [-0.4, -0.2) is 40.4 Å². The minimum absolute atomic E-state index is 0.186. The average Bonchev–Trinajstić information content (AvgIpc) is 3.28. The van der Waals surface area contributed by atoms with E-state index in [4.69, 9.17) is 5.11 Å². The van der Waals surface area contributed by atoms with E-state index in [1.165, 1.54) is 7.11 Å². The second-order valence-corrected chi connectivity index (χ2v) is 7.76. The number of carboxylic acid groups (broad SMARTS) is 1. The van der Waals surface area contributed by atoms with Gasteiger partial charge in [-0.05, 0) is 30.3 Å². The number of hydrogen-bond acceptors (Lipinski definition) is 4. The summed E-state index contributed by atoms with van der Waals surface area (Å²) in [5.41, 5.74) is 2.27. The van der Waals surface area contributed by atoms with Crippen LogP contribution >= 0.6 is 31.9 Å². The second-order valence-electron chi connectivity index (χ2n) is 5.93. The molecular weight excluding hydrogens is 508 g/mol. The molecule has 0 saturated carbocycles. The third kappa shape index (κ3) is 4.41. The van der Waals surface area contributed by atoms with E-state index in [2.05, 4.69) is 46.6 Å². The van der Waals surface area contributed by atoms with Gasteiger partial charge in [-0.25, -0.2) is 9.59 Å². The largest absolute Gasteiger partial charge is 0.477 e. The number of benzene rings is 2. The van der Waals surface area contributed by atoms with Gasteiger partial charge in [-0.15, -0.1) is 0 Å². The molecule has 148 valence electrons. The van der Waals surface area contributed by atoms with Crippen molar-refractivity contribution in [3.63, 3.8) is 0 Å². The molecule has 0 spiro atoms. The molecular formula is C20H14Br2N2O5. The van der Waals surface area contributed by atoms with Crippen molar-refractivity contribution < 1.29 is 24.2 Å². The maximum atomic E-state index is 11.4. The Kier molecular flexibility index (Phi) is 6.19. The van der Waals surface area contributed by atoms with E-state index < -0.39 is 11.9 Å². The van der Waals surface area contributed by atoms with E-state index in [1.807, 2.05) is 24.3 Å². The summed E-state index contributed by atoms with van der Waals surface area (Å²) >= 11 is 6.63. The fourth-order valence-corrected chi connectivity index (χ4v) is 3.51. The molecule has 0 fully saturated rings. The number of aromatic nitrogens is 2. The molecule has 0 atom stereocenters. The summed E-state index contributed by atoms with van der Waals surface area (Å²) in [5, 5.41) is 10.3. The van der Waals surface area contributed by atoms with Gasteiger partial charge in [-0.2, -0.15) is 0 Å². The molecule has 2 aromatic heterocycles. The first-order valence-electron chi connectivity index (χ1n) is 8.20. The predicted octanol–water partition coefficient (Wildman–Crippen LogP) is 5.16. The molecule has 9 heteroatoms. The molecule has 0 aliphatic heterocycles. The molecule has 0 aliphatic carbocycles. The molecule has 0 aliphatic rings. The van der Waals surface area contributed by atoms with Gasteiger partial charge in [0.05, 0.1) is 12.7 Å². The number of nitrogens with one attached hydrogen (secondary N) is 2. The molecule has 29 heavy (non-hydrogen) atoms. The highest BCUT2D eigenvalue weighted by molar-refractivity contribution is 9.10. The number of aromatic carboxylic acids is 1. The Morgan fingerprint density at radius 2 is 1.66 bits per heavy atom. The Hall–Kier alpha value is -2.91. The number of carbonyl (C=O) groups excluding carboxylic acids is 2. The summed E-state index contributed by atoms with van der Waals surface area (Å²) in [5.74, 6) is -1.48. The number of ether oxygens (including phenoxy) is 1. The smallest absolute Gasteiger partial charge is 0.355 e. The molecule has 2 heterocycles. The number of methoxy groups -OCH3 is 1. The number of fused-ring (bicyclic) bond motifs is 2. The van der Waals surface area contributed by atoms with Gasteiger partial charge in [0.2, 0.25) is 0 Å². The number of hydrogen-bond donors (Lipinski definition) is 3. The number of carboxylic acids is 1. The van der Waals surface area contributed by atoms with E-state index >= 15 is 0 Å². The quantitative estimate of drug-likeness (QED) is 0.254. The lowest BCUT2D eigenvalue weighted by Gasteiger charge is -1.95. The Bertz CT molecular complexity index is 1240. The van der Waals surface area contributed by atoms with Crippen LogP contribution in [0.2, 0.25) is 0 Å². The van der Waals surface area contributed by atoms with Crippen molar-refractivity contribution in [2.24, 2.45) is 0 Å². The Morgan fingerprint density at radius 3 is 2.28 bits per heavy atom. The monoisotopic (exact) mass is 520 g/mol. The summed E-state index contributed by atoms with van der Waals surface area (Å²) in [6, 6.07) is 12.6. The zero-order chi connectivity index (χ0) is 21.1. The van der Waals surface area contributed by atoms with Crippen molar-refractivity contribution >= 4 is 71.9 Å². The van der Waals surface area contributed by atoms with Crippen LogP contribution in [0, 0.1) is 0 Å².